The molecule has 0 spiro atoms. The molecule has 2 atom stereocenters. The van der Waals surface area contributed by atoms with Gasteiger partial charge < -0.3 is 26.1 Å². The minimum absolute atomic E-state index is 0.0614. The Morgan fingerprint density at radius 1 is 1.33 bits per heavy atom. The summed E-state index contributed by atoms with van der Waals surface area (Å²) in [6.07, 6.45) is 1.72. The van der Waals surface area contributed by atoms with Gasteiger partial charge in [-0.1, -0.05) is 13.3 Å². The summed E-state index contributed by atoms with van der Waals surface area (Å²) in [5, 5.41) is 2.71. The molecule has 1 fully saturated rings. The molecule has 11 heteroatoms. The molecule has 0 aliphatic carbocycles. The van der Waals surface area contributed by atoms with E-state index in [1.807, 2.05) is 6.92 Å². The Balaban J connectivity index is 1.62. The van der Waals surface area contributed by atoms with Gasteiger partial charge in [0.2, 0.25) is 5.88 Å². The first kappa shape index (κ1) is 22.8. The molecule has 0 saturated carbocycles. The van der Waals surface area contributed by atoms with Crippen LogP contribution in [0.25, 0.3) is 11.1 Å². The van der Waals surface area contributed by atoms with Gasteiger partial charge in [-0.05, 0) is 30.5 Å². The first-order valence-corrected chi connectivity index (χ1v) is 10.7. The molecule has 0 unspecified atom stereocenters. The van der Waals surface area contributed by atoms with Gasteiger partial charge in [-0.2, -0.15) is 13.2 Å². The zero-order valence-corrected chi connectivity index (χ0v) is 18.0. The van der Waals surface area contributed by atoms with E-state index in [4.69, 9.17) is 15.9 Å². The Morgan fingerprint density at radius 2 is 2.12 bits per heavy atom. The summed E-state index contributed by atoms with van der Waals surface area (Å²) in [6, 6.07) is 2.69. The third kappa shape index (κ3) is 4.72. The lowest BCUT2D eigenvalue weighted by Gasteiger charge is -2.39. The highest BCUT2D eigenvalue weighted by molar-refractivity contribution is 6.15. The Hall–Kier alpha value is -3.34. The summed E-state index contributed by atoms with van der Waals surface area (Å²) in [5.74, 6) is -2.25. The van der Waals surface area contributed by atoms with Crippen LogP contribution in [0.4, 0.5) is 30.4 Å². The van der Waals surface area contributed by atoms with E-state index in [9.17, 15) is 18.0 Å². The van der Waals surface area contributed by atoms with Crippen LogP contribution in [0.2, 0.25) is 0 Å². The number of rotatable bonds is 5. The van der Waals surface area contributed by atoms with E-state index < -0.39 is 24.0 Å². The summed E-state index contributed by atoms with van der Waals surface area (Å²) in [7, 11) is 0. The summed E-state index contributed by atoms with van der Waals surface area (Å²) in [6.45, 7) is 2.00. The number of nitrogens with one attached hydrogen (secondary N) is 1. The summed E-state index contributed by atoms with van der Waals surface area (Å²) < 4.78 is 45.7. The number of nitrogens with two attached hydrogens (primary N) is 2. The van der Waals surface area contributed by atoms with Crippen molar-refractivity contribution in [3.05, 3.63) is 41.9 Å². The topological polar surface area (TPSA) is 123 Å². The average molecular weight is 462 g/mol. The molecule has 0 bridgehead atoms. The summed E-state index contributed by atoms with van der Waals surface area (Å²) in [5.41, 5.74) is 14.2. The van der Waals surface area contributed by atoms with Crippen LogP contribution in [-0.4, -0.2) is 41.2 Å². The number of amides is 1. The van der Waals surface area contributed by atoms with Crippen LogP contribution < -0.4 is 21.7 Å². The monoisotopic (exact) mass is 462 g/mol. The van der Waals surface area contributed by atoms with Crippen LogP contribution in [0.3, 0.4) is 0 Å². The maximum absolute atomic E-state index is 13.4. The van der Waals surface area contributed by atoms with Gasteiger partial charge in [-0.15, -0.1) is 0 Å². The molecular formula is C22H25F3N6O2. The fourth-order valence-electron chi connectivity index (χ4n) is 4.20. The van der Waals surface area contributed by atoms with Gasteiger partial charge in [0.25, 0.3) is 5.91 Å². The Kier molecular flexibility index (Phi) is 6.15. The van der Waals surface area contributed by atoms with Crippen LogP contribution in [0.5, 0.6) is 0 Å². The molecule has 0 aromatic carbocycles. The lowest BCUT2D eigenvalue weighted by molar-refractivity contribution is -0.177. The second-order valence-corrected chi connectivity index (χ2v) is 8.27. The van der Waals surface area contributed by atoms with Gasteiger partial charge in [0, 0.05) is 31.5 Å². The van der Waals surface area contributed by atoms with E-state index in [-0.39, 0.29) is 36.6 Å². The molecule has 8 nitrogen and oxygen atoms in total. The van der Waals surface area contributed by atoms with Crippen molar-refractivity contribution in [2.45, 2.75) is 38.4 Å². The molecule has 5 N–H and O–H groups in total. The number of hydrogen-bond acceptors (Lipinski definition) is 7. The van der Waals surface area contributed by atoms with Crippen molar-refractivity contribution in [3.8, 4) is 0 Å². The predicted octanol–water partition coefficient (Wildman–Crippen LogP) is 3.73. The first-order valence-electron chi connectivity index (χ1n) is 10.7. The molecular weight excluding hydrogens is 437 g/mol. The Labute approximate surface area is 188 Å². The number of nitrogen functional groups attached to an aromatic ring is 1. The minimum Gasteiger partial charge on any atom is -0.438 e. The first-order chi connectivity index (χ1) is 15.7. The van der Waals surface area contributed by atoms with Crippen molar-refractivity contribution in [3.63, 3.8) is 0 Å². The molecule has 1 aliphatic rings. The fraction of sp³-hybridized carbons (Fsp3) is 0.409. The summed E-state index contributed by atoms with van der Waals surface area (Å²) in [4.78, 5) is 23.0. The number of carbonyl (C=O) groups excluding carboxylic acids is 1. The van der Waals surface area contributed by atoms with E-state index >= 15 is 0 Å². The fourth-order valence-corrected chi connectivity index (χ4v) is 4.20. The van der Waals surface area contributed by atoms with Crippen LogP contribution in [-0.2, 0) is 6.42 Å². The lowest BCUT2D eigenvalue weighted by Crippen LogP contribution is -2.51. The molecule has 1 amide bonds. The number of hydrogen-bond donors (Lipinski definition) is 3. The third-order valence-electron chi connectivity index (χ3n) is 5.71. The highest BCUT2D eigenvalue weighted by atomic mass is 19.4. The largest absolute Gasteiger partial charge is 0.438 e. The van der Waals surface area contributed by atoms with E-state index in [0.29, 0.717) is 16.8 Å². The summed E-state index contributed by atoms with van der Waals surface area (Å²) >= 11 is 0. The second-order valence-electron chi connectivity index (χ2n) is 8.27. The van der Waals surface area contributed by atoms with Gasteiger partial charge >= 0.3 is 6.18 Å². The lowest BCUT2D eigenvalue weighted by atomic mass is 9.93. The molecule has 1 aliphatic heterocycles. The molecule has 4 rings (SSSR count). The number of alkyl halides is 3. The van der Waals surface area contributed by atoms with E-state index in [2.05, 4.69) is 15.3 Å². The quantitative estimate of drug-likeness (QED) is 0.528. The molecule has 3 aromatic heterocycles. The van der Waals surface area contributed by atoms with E-state index in [1.165, 1.54) is 17.3 Å². The third-order valence-corrected chi connectivity index (χ3v) is 5.71. The highest BCUT2D eigenvalue weighted by Gasteiger charge is 2.44. The molecule has 0 radical (unpaired) electrons. The average Bonchev–Trinajstić information content (AvgIpc) is 3.08. The van der Waals surface area contributed by atoms with Crippen molar-refractivity contribution in [2.75, 3.05) is 29.0 Å². The number of furan rings is 1. The van der Waals surface area contributed by atoms with Crippen molar-refractivity contribution >= 4 is 34.3 Å². The van der Waals surface area contributed by atoms with Crippen LogP contribution in [0.1, 0.15) is 35.7 Å². The number of aromatic nitrogens is 2. The number of halogens is 3. The normalized spacial score (nSPS) is 19.1. The van der Waals surface area contributed by atoms with Crippen LogP contribution in [0, 0.1) is 5.92 Å². The molecule has 4 heterocycles. The smallest absolute Gasteiger partial charge is 0.393 e. The number of carbonyl (C=O) groups is 1. The predicted molar refractivity (Wildman–Crippen MR) is 119 cm³/mol. The number of pyridine rings is 2. The van der Waals surface area contributed by atoms with Gasteiger partial charge in [-0.25, -0.2) is 0 Å². The van der Waals surface area contributed by atoms with Gasteiger partial charge in [0.1, 0.15) is 11.1 Å². The number of fused-ring (bicyclic) bond motifs is 1. The number of anilines is 3. The van der Waals surface area contributed by atoms with Crippen molar-refractivity contribution in [1.82, 2.24) is 9.97 Å². The molecule has 176 valence electrons. The van der Waals surface area contributed by atoms with E-state index in [0.717, 1.165) is 18.4 Å². The zero-order chi connectivity index (χ0) is 23.8. The number of nitrogens with zero attached hydrogens (tertiary/aromatic N) is 3. The van der Waals surface area contributed by atoms with Crippen molar-refractivity contribution in [2.24, 2.45) is 11.7 Å². The van der Waals surface area contributed by atoms with E-state index in [1.54, 1.807) is 18.3 Å². The van der Waals surface area contributed by atoms with Crippen LogP contribution in [0.15, 0.2) is 35.1 Å². The van der Waals surface area contributed by atoms with Crippen molar-refractivity contribution < 1.29 is 22.4 Å². The maximum atomic E-state index is 13.4. The minimum atomic E-state index is -4.36. The Morgan fingerprint density at radius 3 is 2.85 bits per heavy atom. The maximum Gasteiger partial charge on any atom is 0.393 e. The van der Waals surface area contributed by atoms with Gasteiger partial charge in [-0.3, -0.25) is 14.8 Å². The highest BCUT2D eigenvalue weighted by Crippen LogP contribution is 2.37. The van der Waals surface area contributed by atoms with Crippen LogP contribution >= 0.6 is 0 Å². The Bertz CT molecular complexity index is 1160. The SMILES string of the molecule is CCCc1cnc2c(C(=O)Nc3cnccc3N3C[C@H](N)C[C@H](C(F)(F)F)C3)c(N)oc2c1. The number of aryl methyl sites for hydroxylation is 1. The van der Waals surface area contributed by atoms with Crippen molar-refractivity contribution in [1.29, 1.82) is 0 Å². The number of piperidine rings is 1. The van der Waals surface area contributed by atoms with Gasteiger partial charge in [0.05, 0.1) is 23.5 Å². The zero-order valence-electron chi connectivity index (χ0n) is 18.0. The molecule has 33 heavy (non-hydrogen) atoms. The van der Waals surface area contributed by atoms with Gasteiger partial charge in [0.15, 0.2) is 5.58 Å². The molecule has 3 aromatic rings. The standard InChI is InChI=1S/C22H25F3N6O2/c1-2-3-12-6-17-19(29-8-12)18(20(27)33-17)21(32)30-15-9-28-5-4-16(15)31-10-13(22(23,24)25)7-14(26)11-31/h4-6,8-9,13-14H,2-3,7,10-11,26-27H2,1H3,(H,30,32)/t13-,14+/m0/s1. The second kappa shape index (κ2) is 8.89. The molecule has 1 saturated heterocycles.